The third-order valence-corrected chi connectivity index (χ3v) is 5.77. The van der Waals surface area contributed by atoms with Crippen molar-refractivity contribution in [2.24, 2.45) is 0 Å². The molecule has 0 bridgehead atoms. The lowest BCUT2D eigenvalue weighted by molar-refractivity contribution is 0.527. The molecule has 0 amide bonds. The Morgan fingerprint density at radius 1 is 0.968 bits per heavy atom. The van der Waals surface area contributed by atoms with Gasteiger partial charge in [0.1, 0.15) is 11.9 Å². The maximum Gasteiger partial charge on any atom is 0.174 e. The van der Waals surface area contributed by atoms with Gasteiger partial charge < -0.3 is 14.8 Å². The molecule has 2 atom stereocenters. The van der Waals surface area contributed by atoms with Gasteiger partial charge in [0.05, 0.1) is 17.4 Å². The fraction of sp³-hybridized carbons (Fsp3) is 0.125. The number of pyridine rings is 2. The van der Waals surface area contributed by atoms with E-state index in [1.54, 1.807) is 24.5 Å². The molecule has 7 heteroatoms. The number of rotatable bonds is 5. The molecule has 31 heavy (non-hydrogen) atoms. The molecule has 1 saturated heterocycles. The van der Waals surface area contributed by atoms with Crippen LogP contribution in [0.1, 0.15) is 29.0 Å². The number of thiocarbonyl (C=S) groups is 1. The minimum atomic E-state index is -0.316. The first-order chi connectivity index (χ1) is 15.2. The summed E-state index contributed by atoms with van der Waals surface area (Å²) >= 11 is 5.68. The molecule has 0 aliphatic carbocycles. The van der Waals surface area contributed by atoms with Crippen molar-refractivity contribution in [1.29, 1.82) is 0 Å². The van der Waals surface area contributed by atoms with Gasteiger partial charge in [-0.3, -0.25) is 9.97 Å². The minimum Gasteiger partial charge on any atom is -0.351 e. The van der Waals surface area contributed by atoms with Gasteiger partial charge in [0, 0.05) is 37.0 Å². The van der Waals surface area contributed by atoms with Crippen molar-refractivity contribution in [2.45, 2.75) is 18.6 Å². The molecule has 4 heterocycles. The number of hydrogen-bond acceptors (Lipinski definition) is 3. The molecule has 1 aliphatic heterocycles. The Hall–Kier alpha value is -3.58. The van der Waals surface area contributed by atoms with Gasteiger partial charge in [-0.25, -0.2) is 4.39 Å². The highest BCUT2D eigenvalue weighted by molar-refractivity contribution is 7.80. The van der Waals surface area contributed by atoms with Gasteiger partial charge >= 0.3 is 0 Å². The topological polar surface area (TPSA) is 46.0 Å². The zero-order valence-corrected chi connectivity index (χ0v) is 17.4. The van der Waals surface area contributed by atoms with E-state index in [9.17, 15) is 4.39 Å². The van der Waals surface area contributed by atoms with Crippen molar-refractivity contribution in [3.8, 4) is 0 Å². The van der Waals surface area contributed by atoms with Crippen molar-refractivity contribution >= 4 is 23.0 Å². The SMILES string of the molecule is Fc1ccccc1N1C(=S)NC(c2ccccn2)C1c1cccn1Cc1cccnc1. The van der Waals surface area contributed by atoms with Crippen LogP contribution in [-0.2, 0) is 6.54 Å². The van der Waals surface area contributed by atoms with Crippen LogP contribution in [0.15, 0.2) is 91.5 Å². The Kier molecular flexibility index (Phi) is 5.18. The summed E-state index contributed by atoms with van der Waals surface area (Å²) in [7, 11) is 0. The van der Waals surface area contributed by atoms with Crippen molar-refractivity contribution in [3.63, 3.8) is 0 Å². The highest BCUT2D eigenvalue weighted by atomic mass is 32.1. The second kappa shape index (κ2) is 8.28. The Morgan fingerprint density at radius 2 is 1.84 bits per heavy atom. The van der Waals surface area contributed by atoms with Crippen LogP contribution in [0.3, 0.4) is 0 Å². The highest BCUT2D eigenvalue weighted by Crippen LogP contribution is 2.42. The molecule has 0 saturated carbocycles. The van der Waals surface area contributed by atoms with E-state index in [0.29, 0.717) is 17.3 Å². The lowest BCUT2D eigenvalue weighted by Crippen LogP contribution is -2.31. The predicted octanol–water partition coefficient (Wildman–Crippen LogP) is 4.64. The molecule has 1 aliphatic rings. The molecule has 1 aromatic carbocycles. The molecule has 2 unspecified atom stereocenters. The van der Waals surface area contributed by atoms with Gasteiger partial charge in [0.15, 0.2) is 5.11 Å². The number of anilines is 1. The average molecular weight is 430 g/mol. The van der Waals surface area contributed by atoms with Crippen LogP contribution in [0.2, 0.25) is 0 Å². The second-order valence-corrected chi connectivity index (χ2v) is 7.76. The molecule has 1 N–H and O–H groups in total. The van der Waals surface area contributed by atoms with Crippen LogP contribution < -0.4 is 10.2 Å². The lowest BCUT2D eigenvalue weighted by Gasteiger charge is -2.29. The Labute approximate surface area is 185 Å². The normalized spacial score (nSPS) is 18.2. The smallest absolute Gasteiger partial charge is 0.174 e. The first kappa shape index (κ1) is 19.4. The summed E-state index contributed by atoms with van der Waals surface area (Å²) in [6, 6.07) is 20.0. The molecule has 0 radical (unpaired) electrons. The van der Waals surface area contributed by atoms with E-state index in [1.165, 1.54) is 6.07 Å². The standard InChI is InChI=1S/C24H20FN5S/c25-18-8-1-2-10-20(18)30-23(22(28-24(30)31)19-9-3-4-13-27-19)21-11-6-14-29(21)16-17-7-5-12-26-15-17/h1-15,22-23H,16H2,(H,28,31). The second-order valence-electron chi connectivity index (χ2n) is 7.37. The van der Waals surface area contributed by atoms with Crippen molar-refractivity contribution in [1.82, 2.24) is 19.9 Å². The number of nitrogens with zero attached hydrogens (tertiary/aromatic N) is 4. The molecule has 3 aromatic heterocycles. The summed E-state index contributed by atoms with van der Waals surface area (Å²) in [5.74, 6) is -0.316. The minimum absolute atomic E-state index is 0.226. The number of hydrogen-bond donors (Lipinski definition) is 1. The van der Waals surface area contributed by atoms with Crippen LogP contribution in [0.5, 0.6) is 0 Å². The first-order valence-electron chi connectivity index (χ1n) is 10.0. The van der Waals surface area contributed by atoms with Crippen molar-refractivity contribution < 1.29 is 4.39 Å². The van der Waals surface area contributed by atoms with Crippen LogP contribution in [0.25, 0.3) is 0 Å². The molecule has 1 fully saturated rings. The third-order valence-electron chi connectivity index (χ3n) is 5.45. The maximum absolute atomic E-state index is 14.8. The van der Waals surface area contributed by atoms with Gasteiger partial charge in [-0.05, 0) is 60.2 Å². The quantitative estimate of drug-likeness (QED) is 0.468. The van der Waals surface area contributed by atoms with Crippen LogP contribution >= 0.6 is 12.2 Å². The number of aromatic nitrogens is 3. The molecule has 0 spiro atoms. The van der Waals surface area contributed by atoms with Gasteiger partial charge in [0.2, 0.25) is 0 Å². The van der Waals surface area contributed by atoms with Crippen LogP contribution in [-0.4, -0.2) is 19.6 Å². The summed E-state index contributed by atoms with van der Waals surface area (Å²) in [5.41, 5.74) is 3.38. The largest absolute Gasteiger partial charge is 0.351 e. The maximum atomic E-state index is 14.8. The van der Waals surface area contributed by atoms with Crippen molar-refractivity contribution in [2.75, 3.05) is 4.90 Å². The average Bonchev–Trinajstić information content (AvgIpc) is 3.39. The van der Waals surface area contributed by atoms with Gasteiger partial charge in [-0.1, -0.05) is 24.3 Å². The summed E-state index contributed by atoms with van der Waals surface area (Å²) in [5, 5.41) is 3.85. The van der Waals surface area contributed by atoms with Gasteiger partial charge in [-0.2, -0.15) is 0 Å². The van der Waals surface area contributed by atoms with Crippen LogP contribution in [0.4, 0.5) is 10.1 Å². The number of nitrogens with one attached hydrogen (secondary N) is 1. The third kappa shape index (κ3) is 3.68. The number of para-hydroxylation sites is 1. The first-order valence-corrected chi connectivity index (χ1v) is 10.4. The molecule has 5 rings (SSSR count). The Balaban J connectivity index is 1.62. The molecule has 5 nitrogen and oxygen atoms in total. The van der Waals surface area contributed by atoms with Crippen molar-refractivity contribution in [3.05, 3.63) is 114 Å². The van der Waals surface area contributed by atoms with E-state index < -0.39 is 0 Å². The monoisotopic (exact) mass is 429 g/mol. The Bertz CT molecular complexity index is 1190. The fourth-order valence-corrected chi connectivity index (χ4v) is 4.43. The number of halogens is 1. The van der Waals surface area contributed by atoms with E-state index in [4.69, 9.17) is 12.2 Å². The summed E-state index contributed by atoms with van der Waals surface area (Å²) < 4.78 is 17.0. The van der Waals surface area contributed by atoms with E-state index in [0.717, 1.165) is 17.0 Å². The van der Waals surface area contributed by atoms with Gasteiger partial charge in [-0.15, -0.1) is 0 Å². The highest BCUT2D eigenvalue weighted by Gasteiger charge is 2.42. The zero-order chi connectivity index (χ0) is 21.2. The molecule has 4 aromatic rings. The van der Waals surface area contributed by atoms with E-state index in [1.807, 2.05) is 59.8 Å². The van der Waals surface area contributed by atoms with Crippen LogP contribution in [0, 0.1) is 5.82 Å². The lowest BCUT2D eigenvalue weighted by atomic mass is 10.0. The summed E-state index contributed by atoms with van der Waals surface area (Å²) in [6.07, 6.45) is 7.40. The Morgan fingerprint density at radius 3 is 2.61 bits per heavy atom. The van der Waals surface area contributed by atoms with E-state index in [2.05, 4.69) is 25.9 Å². The predicted molar refractivity (Wildman–Crippen MR) is 122 cm³/mol. The summed E-state index contributed by atoms with van der Waals surface area (Å²) in [6.45, 7) is 0.652. The molecular weight excluding hydrogens is 409 g/mol. The zero-order valence-electron chi connectivity index (χ0n) is 16.6. The summed E-state index contributed by atoms with van der Waals surface area (Å²) in [4.78, 5) is 10.6. The van der Waals surface area contributed by atoms with Gasteiger partial charge in [0.25, 0.3) is 0 Å². The molecule has 154 valence electrons. The number of benzene rings is 1. The fourth-order valence-electron chi connectivity index (χ4n) is 4.09. The molecular formula is C24H20FN5S. The van der Waals surface area contributed by atoms with E-state index in [-0.39, 0.29) is 17.9 Å². The van der Waals surface area contributed by atoms with E-state index >= 15 is 0 Å².